The minimum Gasteiger partial charge on any atom is -0.314 e. The lowest BCUT2D eigenvalue weighted by Gasteiger charge is -2.17. The van der Waals surface area contributed by atoms with Crippen LogP contribution in [0.2, 0.25) is 0 Å². The van der Waals surface area contributed by atoms with Crippen LogP contribution in [0, 0.1) is 0 Å². The Morgan fingerprint density at radius 2 is 1.61 bits per heavy atom. The maximum atomic E-state index is 11.6. The van der Waals surface area contributed by atoms with E-state index in [0.29, 0.717) is 17.5 Å². The summed E-state index contributed by atoms with van der Waals surface area (Å²) in [5.41, 5.74) is 0. The van der Waals surface area contributed by atoms with Gasteiger partial charge in [-0.3, -0.25) is 0 Å². The standard InChI is InChI=1S/C14H31NO2S/c1-4-9-14(15-11-5-2)10-7-8-13-18(16,17)12-6-3/h14-15H,4-13H2,1-3H3. The predicted molar refractivity (Wildman–Crippen MR) is 79.8 cm³/mol. The molecule has 0 saturated heterocycles. The van der Waals surface area contributed by atoms with Gasteiger partial charge in [0.25, 0.3) is 0 Å². The molecule has 1 atom stereocenters. The number of unbranched alkanes of at least 4 members (excludes halogenated alkanes) is 1. The van der Waals surface area contributed by atoms with E-state index in [4.69, 9.17) is 0 Å². The van der Waals surface area contributed by atoms with Crippen LogP contribution in [-0.2, 0) is 9.84 Å². The molecule has 0 aromatic carbocycles. The van der Waals surface area contributed by atoms with Crippen LogP contribution in [0.3, 0.4) is 0 Å². The van der Waals surface area contributed by atoms with Gasteiger partial charge in [0.2, 0.25) is 0 Å². The van der Waals surface area contributed by atoms with Gasteiger partial charge in [-0.05, 0) is 38.6 Å². The van der Waals surface area contributed by atoms with Crippen molar-refractivity contribution in [3.8, 4) is 0 Å². The van der Waals surface area contributed by atoms with E-state index in [1.165, 1.54) is 12.8 Å². The van der Waals surface area contributed by atoms with E-state index in [1.54, 1.807) is 0 Å². The Balaban J connectivity index is 3.78. The van der Waals surface area contributed by atoms with Gasteiger partial charge >= 0.3 is 0 Å². The van der Waals surface area contributed by atoms with E-state index in [-0.39, 0.29) is 0 Å². The molecule has 4 heteroatoms. The normalized spacial score (nSPS) is 13.7. The summed E-state index contributed by atoms with van der Waals surface area (Å²) in [5.74, 6) is 0.715. The van der Waals surface area contributed by atoms with Crippen molar-refractivity contribution in [1.82, 2.24) is 5.32 Å². The molecule has 3 nitrogen and oxygen atoms in total. The molecule has 18 heavy (non-hydrogen) atoms. The summed E-state index contributed by atoms with van der Waals surface area (Å²) < 4.78 is 23.1. The molecule has 0 heterocycles. The van der Waals surface area contributed by atoms with Gasteiger partial charge in [-0.1, -0.05) is 33.6 Å². The number of sulfone groups is 1. The lowest BCUT2D eigenvalue weighted by Crippen LogP contribution is -2.29. The minimum atomic E-state index is -2.78. The second kappa shape index (κ2) is 10.8. The van der Waals surface area contributed by atoms with Crippen LogP contribution < -0.4 is 5.32 Å². The first kappa shape index (κ1) is 17.9. The zero-order valence-electron chi connectivity index (χ0n) is 12.4. The maximum Gasteiger partial charge on any atom is 0.150 e. The number of hydrogen-bond acceptors (Lipinski definition) is 3. The molecule has 0 fully saturated rings. The molecule has 0 aliphatic carbocycles. The Morgan fingerprint density at radius 1 is 0.889 bits per heavy atom. The number of rotatable bonds is 12. The molecular formula is C14H31NO2S. The molecule has 0 rings (SSSR count). The van der Waals surface area contributed by atoms with E-state index < -0.39 is 9.84 Å². The zero-order valence-corrected chi connectivity index (χ0v) is 13.2. The van der Waals surface area contributed by atoms with Crippen LogP contribution in [0.5, 0.6) is 0 Å². The van der Waals surface area contributed by atoms with Crippen molar-refractivity contribution < 1.29 is 8.42 Å². The van der Waals surface area contributed by atoms with Gasteiger partial charge in [-0.15, -0.1) is 0 Å². The Hall–Kier alpha value is -0.0900. The van der Waals surface area contributed by atoms with Crippen molar-refractivity contribution in [1.29, 1.82) is 0 Å². The average Bonchev–Trinajstić information content (AvgIpc) is 2.31. The highest BCUT2D eigenvalue weighted by Gasteiger charge is 2.10. The van der Waals surface area contributed by atoms with Gasteiger partial charge < -0.3 is 5.32 Å². The van der Waals surface area contributed by atoms with Gasteiger partial charge in [-0.25, -0.2) is 8.42 Å². The molecule has 1 N–H and O–H groups in total. The van der Waals surface area contributed by atoms with Gasteiger partial charge in [0.05, 0.1) is 5.75 Å². The van der Waals surface area contributed by atoms with Crippen LogP contribution in [0.4, 0.5) is 0 Å². The summed E-state index contributed by atoms with van der Waals surface area (Å²) in [7, 11) is -2.78. The monoisotopic (exact) mass is 277 g/mol. The molecule has 1 unspecified atom stereocenters. The SMILES string of the molecule is CCCNC(CCC)CCCCS(=O)(=O)CCC. The van der Waals surface area contributed by atoms with Crippen molar-refractivity contribution in [2.24, 2.45) is 0 Å². The van der Waals surface area contributed by atoms with Crippen molar-refractivity contribution in [2.45, 2.75) is 71.8 Å². The smallest absolute Gasteiger partial charge is 0.150 e. The predicted octanol–water partition coefficient (Wildman–Crippen LogP) is 3.15. The fraction of sp³-hybridized carbons (Fsp3) is 1.00. The van der Waals surface area contributed by atoms with Crippen LogP contribution >= 0.6 is 0 Å². The summed E-state index contributed by atoms with van der Waals surface area (Å²) in [5, 5.41) is 3.54. The van der Waals surface area contributed by atoms with Crippen molar-refractivity contribution >= 4 is 9.84 Å². The zero-order chi connectivity index (χ0) is 13.9. The summed E-state index contributed by atoms with van der Waals surface area (Å²) in [6, 6.07) is 0.573. The Labute approximate surface area is 114 Å². The van der Waals surface area contributed by atoms with Crippen molar-refractivity contribution in [2.75, 3.05) is 18.1 Å². The highest BCUT2D eigenvalue weighted by Crippen LogP contribution is 2.09. The molecule has 0 aliphatic rings. The maximum absolute atomic E-state index is 11.6. The second-order valence-corrected chi connectivity index (χ2v) is 7.39. The van der Waals surface area contributed by atoms with Gasteiger partial charge in [0, 0.05) is 11.8 Å². The molecule has 0 amide bonds. The van der Waals surface area contributed by atoms with Crippen molar-refractivity contribution in [3.05, 3.63) is 0 Å². The second-order valence-electron chi connectivity index (χ2n) is 5.09. The van der Waals surface area contributed by atoms with Gasteiger partial charge in [0.1, 0.15) is 9.84 Å². The molecule has 110 valence electrons. The van der Waals surface area contributed by atoms with Crippen molar-refractivity contribution in [3.63, 3.8) is 0 Å². The minimum absolute atomic E-state index is 0.347. The summed E-state index contributed by atoms with van der Waals surface area (Å²) in [6.45, 7) is 7.36. The number of nitrogens with one attached hydrogen (secondary N) is 1. The highest BCUT2D eigenvalue weighted by atomic mass is 32.2. The molecule has 0 bridgehead atoms. The molecule has 0 aromatic rings. The van der Waals surface area contributed by atoms with Crippen LogP contribution in [0.1, 0.15) is 65.7 Å². The first-order valence-corrected chi connectivity index (χ1v) is 9.31. The van der Waals surface area contributed by atoms with E-state index >= 15 is 0 Å². The summed E-state index contributed by atoms with van der Waals surface area (Å²) in [6.07, 6.45) is 7.22. The molecule has 0 saturated carbocycles. The van der Waals surface area contributed by atoms with E-state index in [2.05, 4.69) is 19.2 Å². The fourth-order valence-corrected chi connectivity index (χ4v) is 3.64. The Kier molecular flexibility index (Phi) is 10.7. The Morgan fingerprint density at radius 3 is 2.17 bits per heavy atom. The van der Waals surface area contributed by atoms with E-state index in [1.807, 2.05) is 6.92 Å². The first-order valence-electron chi connectivity index (χ1n) is 7.49. The molecular weight excluding hydrogens is 246 g/mol. The van der Waals surface area contributed by atoms with Crippen LogP contribution in [0.25, 0.3) is 0 Å². The summed E-state index contributed by atoms with van der Waals surface area (Å²) >= 11 is 0. The molecule has 0 spiro atoms. The van der Waals surface area contributed by atoms with Gasteiger partial charge in [0.15, 0.2) is 0 Å². The molecule has 0 aromatic heterocycles. The third-order valence-electron chi connectivity index (χ3n) is 3.09. The first-order chi connectivity index (χ1) is 8.55. The quantitative estimate of drug-likeness (QED) is 0.557. The highest BCUT2D eigenvalue weighted by molar-refractivity contribution is 7.91. The number of hydrogen-bond donors (Lipinski definition) is 1. The van der Waals surface area contributed by atoms with E-state index in [9.17, 15) is 8.42 Å². The Bertz CT molecular complexity index is 276. The largest absolute Gasteiger partial charge is 0.314 e. The van der Waals surface area contributed by atoms with Crippen LogP contribution in [0.15, 0.2) is 0 Å². The topological polar surface area (TPSA) is 46.2 Å². The molecule has 0 aliphatic heterocycles. The van der Waals surface area contributed by atoms with Crippen LogP contribution in [-0.4, -0.2) is 32.5 Å². The third kappa shape index (κ3) is 9.89. The van der Waals surface area contributed by atoms with Gasteiger partial charge in [-0.2, -0.15) is 0 Å². The average molecular weight is 277 g/mol. The molecule has 0 radical (unpaired) electrons. The summed E-state index contributed by atoms with van der Waals surface area (Å²) in [4.78, 5) is 0. The third-order valence-corrected chi connectivity index (χ3v) is 5.03. The fourth-order valence-electron chi connectivity index (χ4n) is 2.17. The lowest BCUT2D eigenvalue weighted by atomic mass is 10.1. The lowest BCUT2D eigenvalue weighted by molar-refractivity contribution is 0.435. The van der Waals surface area contributed by atoms with E-state index in [0.717, 1.165) is 38.6 Å².